The van der Waals surface area contributed by atoms with Gasteiger partial charge in [-0.25, -0.2) is 0 Å². The molecule has 4 rings (SSSR count). The van der Waals surface area contributed by atoms with Crippen molar-refractivity contribution in [2.75, 3.05) is 39.8 Å². The van der Waals surface area contributed by atoms with E-state index in [1.807, 2.05) is 17.9 Å². The minimum atomic E-state index is -0.0115. The fourth-order valence-corrected chi connectivity index (χ4v) is 5.36. The van der Waals surface area contributed by atoms with E-state index in [2.05, 4.69) is 43.2 Å². The van der Waals surface area contributed by atoms with Crippen LogP contribution in [0.4, 0.5) is 0 Å². The lowest BCUT2D eigenvalue weighted by Gasteiger charge is -2.29. The predicted octanol–water partition coefficient (Wildman–Crippen LogP) is 1.60. The maximum Gasteiger partial charge on any atom is 0.275 e. The van der Waals surface area contributed by atoms with Gasteiger partial charge < -0.3 is 10.2 Å². The van der Waals surface area contributed by atoms with Crippen LogP contribution in [0.5, 0.6) is 0 Å². The van der Waals surface area contributed by atoms with Crippen LogP contribution in [-0.2, 0) is 11.2 Å². The Bertz CT molecular complexity index is 886. The van der Waals surface area contributed by atoms with Crippen molar-refractivity contribution in [1.29, 1.82) is 0 Å². The molecule has 7 nitrogen and oxygen atoms in total. The maximum atomic E-state index is 13.0. The van der Waals surface area contributed by atoms with Gasteiger partial charge in [0.1, 0.15) is 0 Å². The lowest BCUT2D eigenvalue weighted by molar-refractivity contribution is -0.121. The number of nitrogens with zero attached hydrogens (tertiary/aromatic N) is 4. The highest BCUT2D eigenvalue weighted by atomic mass is 32.1. The van der Waals surface area contributed by atoms with Crippen LogP contribution in [-0.4, -0.2) is 70.1 Å². The maximum absolute atomic E-state index is 13.0. The van der Waals surface area contributed by atoms with Crippen LogP contribution in [0.15, 0.2) is 30.3 Å². The Morgan fingerprint density at radius 3 is 2.69 bits per heavy atom. The average molecular weight is 414 g/mol. The van der Waals surface area contributed by atoms with Crippen molar-refractivity contribution in [2.24, 2.45) is 11.3 Å². The van der Waals surface area contributed by atoms with Crippen molar-refractivity contribution in [2.45, 2.75) is 19.8 Å². The Labute approximate surface area is 175 Å². The molecule has 8 heteroatoms. The van der Waals surface area contributed by atoms with Crippen LogP contribution in [0, 0.1) is 18.3 Å². The number of likely N-dealkylation sites (tertiary alicyclic amines) is 2. The first-order valence-electron chi connectivity index (χ1n) is 10.1. The summed E-state index contributed by atoms with van der Waals surface area (Å²) in [5.74, 6) is 0.398. The van der Waals surface area contributed by atoms with Crippen molar-refractivity contribution in [3.63, 3.8) is 0 Å². The zero-order valence-corrected chi connectivity index (χ0v) is 17.7. The third kappa shape index (κ3) is 4.04. The van der Waals surface area contributed by atoms with Crippen LogP contribution in [0.1, 0.15) is 28.2 Å². The molecule has 0 spiro atoms. The van der Waals surface area contributed by atoms with Gasteiger partial charge in [0, 0.05) is 38.6 Å². The highest BCUT2D eigenvalue weighted by Crippen LogP contribution is 2.46. The summed E-state index contributed by atoms with van der Waals surface area (Å²) in [4.78, 5) is 29.1. The molecule has 29 heavy (non-hydrogen) atoms. The van der Waals surface area contributed by atoms with Gasteiger partial charge in [0.05, 0.1) is 24.0 Å². The van der Waals surface area contributed by atoms with Gasteiger partial charge in [0.15, 0.2) is 5.69 Å². The van der Waals surface area contributed by atoms with Crippen molar-refractivity contribution < 1.29 is 9.59 Å². The van der Waals surface area contributed by atoms with Gasteiger partial charge in [-0.3, -0.25) is 14.5 Å². The molecule has 3 heterocycles. The largest absolute Gasteiger partial charge is 0.358 e. The second kappa shape index (κ2) is 8.20. The van der Waals surface area contributed by atoms with E-state index in [0.717, 1.165) is 44.2 Å². The standard InChI is InChI=1S/C21H27N5O2S/c1-15-19(24-29-23-15)20(28)26-11-17-10-25(12-18(27)22-2)13-21(17,14-26)9-8-16-6-4-3-5-7-16/h3-7,17H,8-14H2,1-2H3,(H,22,27). The number of aryl methyl sites for hydroxylation is 2. The minimum Gasteiger partial charge on any atom is -0.358 e. The van der Waals surface area contributed by atoms with Gasteiger partial charge in [-0.15, -0.1) is 0 Å². The summed E-state index contributed by atoms with van der Waals surface area (Å²) >= 11 is 1.09. The van der Waals surface area contributed by atoms with Gasteiger partial charge in [0.2, 0.25) is 5.91 Å². The van der Waals surface area contributed by atoms with Gasteiger partial charge >= 0.3 is 0 Å². The quantitative estimate of drug-likeness (QED) is 0.778. The molecule has 2 amide bonds. The number of hydrogen-bond acceptors (Lipinski definition) is 6. The molecular weight excluding hydrogens is 386 g/mol. The number of likely N-dealkylation sites (N-methyl/N-ethyl adjacent to an activating group) is 1. The van der Waals surface area contributed by atoms with Gasteiger partial charge in [-0.2, -0.15) is 8.75 Å². The number of rotatable bonds is 6. The molecule has 154 valence electrons. The van der Waals surface area contributed by atoms with Gasteiger partial charge in [-0.05, 0) is 31.2 Å². The summed E-state index contributed by atoms with van der Waals surface area (Å²) in [6.07, 6.45) is 1.98. The molecule has 2 saturated heterocycles. The first-order valence-corrected chi connectivity index (χ1v) is 10.8. The highest BCUT2D eigenvalue weighted by molar-refractivity contribution is 6.99. The Morgan fingerprint density at radius 1 is 1.21 bits per heavy atom. The Balaban J connectivity index is 1.51. The third-order valence-electron chi connectivity index (χ3n) is 6.37. The number of aromatic nitrogens is 2. The molecule has 2 unspecified atom stereocenters. The number of hydrogen-bond donors (Lipinski definition) is 1. The molecule has 1 aromatic carbocycles. The fraction of sp³-hybridized carbons (Fsp3) is 0.524. The molecule has 2 aliphatic rings. The number of amides is 2. The van der Waals surface area contributed by atoms with Crippen molar-refractivity contribution >= 4 is 23.5 Å². The van der Waals surface area contributed by atoms with E-state index in [1.54, 1.807) is 7.05 Å². The molecule has 0 radical (unpaired) electrons. The molecule has 0 bridgehead atoms. The van der Waals surface area contributed by atoms with E-state index in [1.165, 1.54) is 5.56 Å². The summed E-state index contributed by atoms with van der Waals surface area (Å²) in [7, 11) is 1.68. The zero-order valence-electron chi connectivity index (χ0n) is 16.9. The van der Waals surface area contributed by atoms with Crippen LogP contribution in [0.3, 0.4) is 0 Å². The molecule has 2 atom stereocenters. The van der Waals surface area contributed by atoms with E-state index in [9.17, 15) is 9.59 Å². The number of fused-ring (bicyclic) bond motifs is 1. The predicted molar refractivity (Wildman–Crippen MR) is 112 cm³/mol. The van der Waals surface area contributed by atoms with Crippen LogP contribution in [0.25, 0.3) is 0 Å². The zero-order chi connectivity index (χ0) is 20.4. The summed E-state index contributed by atoms with van der Waals surface area (Å²) in [6.45, 7) is 5.38. The molecule has 2 aromatic rings. The summed E-state index contributed by atoms with van der Waals surface area (Å²) in [5, 5.41) is 2.72. The normalized spacial score (nSPS) is 23.9. The molecule has 0 aliphatic carbocycles. The van der Waals surface area contributed by atoms with Crippen LogP contribution < -0.4 is 5.32 Å². The Morgan fingerprint density at radius 2 is 2.00 bits per heavy atom. The highest BCUT2D eigenvalue weighted by Gasteiger charge is 2.53. The molecule has 2 aliphatic heterocycles. The lowest BCUT2D eigenvalue weighted by Crippen LogP contribution is -2.40. The fourth-order valence-electron chi connectivity index (χ4n) is 4.82. The van der Waals surface area contributed by atoms with Gasteiger partial charge in [-0.1, -0.05) is 30.3 Å². The van der Waals surface area contributed by atoms with E-state index in [4.69, 9.17) is 0 Å². The van der Waals surface area contributed by atoms with Crippen LogP contribution >= 0.6 is 11.7 Å². The molecular formula is C21H27N5O2S. The summed E-state index contributed by atoms with van der Waals surface area (Å²) in [6, 6.07) is 10.5. The van der Waals surface area contributed by atoms with Crippen molar-refractivity contribution in [1.82, 2.24) is 23.9 Å². The topological polar surface area (TPSA) is 78.4 Å². The minimum absolute atomic E-state index is 0.0108. The van der Waals surface area contributed by atoms with E-state index in [-0.39, 0.29) is 17.2 Å². The van der Waals surface area contributed by atoms with Crippen molar-refractivity contribution in [3.05, 3.63) is 47.3 Å². The first-order chi connectivity index (χ1) is 14.0. The third-order valence-corrected chi connectivity index (χ3v) is 6.99. The average Bonchev–Trinajstić information content (AvgIpc) is 3.39. The molecule has 1 N–H and O–H groups in total. The second-order valence-corrected chi connectivity index (χ2v) is 8.80. The second-order valence-electron chi connectivity index (χ2n) is 8.27. The van der Waals surface area contributed by atoms with Crippen LogP contribution in [0.2, 0.25) is 0 Å². The number of nitrogens with one attached hydrogen (secondary N) is 1. The molecule has 1 aromatic heterocycles. The van der Waals surface area contributed by atoms with E-state index < -0.39 is 0 Å². The molecule has 0 saturated carbocycles. The Hall–Kier alpha value is -2.32. The van der Waals surface area contributed by atoms with E-state index in [0.29, 0.717) is 30.4 Å². The van der Waals surface area contributed by atoms with E-state index >= 15 is 0 Å². The number of carbonyl (C=O) groups is 2. The summed E-state index contributed by atoms with van der Waals surface area (Å²) in [5.41, 5.74) is 2.51. The number of benzene rings is 1. The molecule has 2 fully saturated rings. The van der Waals surface area contributed by atoms with Crippen molar-refractivity contribution in [3.8, 4) is 0 Å². The number of carbonyl (C=O) groups excluding carboxylic acids is 2. The smallest absolute Gasteiger partial charge is 0.275 e. The lowest BCUT2D eigenvalue weighted by atomic mass is 9.76. The SMILES string of the molecule is CNC(=O)CN1CC2CN(C(=O)c3nsnc3C)CC2(CCc2ccccc2)C1. The Kier molecular flexibility index (Phi) is 5.65. The summed E-state index contributed by atoms with van der Waals surface area (Å²) < 4.78 is 8.37. The first kappa shape index (κ1) is 20.0. The van der Waals surface area contributed by atoms with Gasteiger partial charge in [0.25, 0.3) is 5.91 Å². The monoisotopic (exact) mass is 413 g/mol.